The average Bonchev–Trinajstić information content (AvgIpc) is 2.00. The fourth-order valence-electron chi connectivity index (χ4n) is 0.833. The van der Waals surface area contributed by atoms with E-state index in [0.717, 1.165) is 6.54 Å². The smallest absolute Gasteiger partial charge is 0.236 e. The molecule has 0 bridgehead atoms. The number of hydrogen-bond donors (Lipinski definition) is 2. The molecule has 0 rings (SSSR count). The maximum Gasteiger partial charge on any atom is 0.236 e. The van der Waals surface area contributed by atoms with Crippen LogP contribution in [0.15, 0.2) is 0 Å². The highest BCUT2D eigenvalue weighted by Crippen LogP contribution is 1.89. The van der Waals surface area contributed by atoms with Crippen molar-refractivity contribution in [3.05, 3.63) is 0 Å². The number of nitrogens with one attached hydrogen (secondary N) is 2. The third-order valence-corrected chi connectivity index (χ3v) is 1.58. The number of amides is 1. The van der Waals surface area contributed by atoms with Gasteiger partial charge in [-0.25, -0.2) is 0 Å². The van der Waals surface area contributed by atoms with Crippen molar-refractivity contribution in [1.82, 2.24) is 10.6 Å². The Morgan fingerprint density at radius 3 is 2.33 bits per heavy atom. The fraction of sp³-hybridized carbons (Fsp3) is 0.889. The molecule has 72 valence electrons. The van der Waals surface area contributed by atoms with Crippen LogP contribution in [0.5, 0.6) is 0 Å². The number of rotatable bonds is 5. The molecule has 0 aromatic carbocycles. The SMILES string of the molecule is CCNC(=O)C(C)NCC(C)C. The highest BCUT2D eigenvalue weighted by molar-refractivity contribution is 5.81. The number of carbonyl (C=O) groups is 1. The molecular weight excluding hydrogens is 152 g/mol. The minimum absolute atomic E-state index is 0.0765. The van der Waals surface area contributed by atoms with Crippen molar-refractivity contribution in [2.75, 3.05) is 13.1 Å². The molecule has 1 amide bonds. The van der Waals surface area contributed by atoms with Gasteiger partial charge in [0.15, 0.2) is 0 Å². The summed E-state index contributed by atoms with van der Waals surface area (Å²) in [6.07, 6.45) is 0. The molecule has 1 unspecified atom stereocenters. The quantitative estimate of drug-likeness (QED) is 0.642. The first-order valence-electron chi connectivity index (χ1n) is 4.59. The summed E-state index contributed by atoms with van der Waals surface area (Å²) in [5, 5.41) is 5.92. The van der Waals surface area contributed by atoms with E-state index in [1.807, 2.05) is 13.8 Å². The molecule has 0 saturated carbocycles. The van der Waals surface area contributed by atoms with E-state index in [9.17, 15) is 4.79 Å². The molecule has 0 aromatic heterocycles. The summed E-state index contributed by atoms with van der Waals surface area (Å²) in [7, 11) is 0. The van der Waals surface area contributed by atoms with E-state index in [-0.39, 0.29) is 11.9 Å². The maximum absolute atomic E-state index is 11.2. The van der Waals surface area contributed by atoms with Gasteiger partial charge in [-0.3, -0.25) is 4.79 Å². The summed E-state index contributed by atoms with van der Waals surface area (Å²) in [5.41, 5.74) is 0. The van der Waals surface area contributed by atoms with Crippen LogP contribution < -0.4 is 10.6 Å². The predicted octanol–water partition coefficient (Wildman–Crippen LogP) is 0.757. The lowest BCUT2D eigenvalue weighted by Crippen LogP contribution is -2.43. The molecule has 0 aliphatic rings. The van der Waals surface area contributed by atoms with Gasteiger partial charge in [-0.05, 0) is 26.3 Å². The minimum atomic E-state index is -0.0765. The van der Waals surface area contributed by atoms with Crippen LogP contribution in [-0.4, -0.2) is 25.0 Å². The van der Waals surface area contributed by atoms with Crippen LogP contribution in [0.25, 0.3) is 0 Å². The van der Waals surface area contributed by atoms with Gasteiger partial charge in [-0.2, -0.15) is 0 Å². The van der Waals surface area contributed by atoms with E-state index >= 15 is 0 Å². The third-order valence-electron chi connectivity index (χ3n) is 1.58. The standard InChI is InChI=1S/C9H20N2O/c1-5-10-9(12)8(4)11-6-7(2)3/h7-8,11H,5-6H2,1-4H3,(H,10,12). The molecule has 12 heavy (non-hydrogen) atoms. The number of likely N-dealkylation sites (N-methyl/N-ethyl adjacent to an activating group) is 1. The second-order valence-corrected chi connectivity index (χ2v) is 3.42. The molecule has 3 nitrogen and oxygen atoms in total. The zero-order valence-corrected chi connectivity index (χ0v) is 8.48. The van der Waals surface area contributed by atoms with Gasteiger partial charge < -0.3 is 10.6 Å². The molecule has 0 saturated heterocycles. The highest BCUT2D eigenvalue weighted by Gasteiger charge is 2.10. The Balaban J connectivity index is 3.56. The second-order valence-electron chi connectivity index (χ2n) is 3.42. The van der Waals surface area contributed by atoms with Gasteiger partial charge in [0.25, 0.3) is 0 Å². The van der Waals surface area contributed by atoms with Gasteiger partial charge in [0.2, 0.25) is 5.91 Å². The van der Waals surface area contributed by atoms with Gasteiger partial charge in [-0.1, -0.05) is 13.8 Å². The Bertz CT molecular complexity index is 134. The monoisotopic (exact) mass is 172 g/mol. The largest absolute Gasteiger partial charge is 0.355 e. The van der Waals surface area contributed by atoms with Crippen LogP contribution in [0.2, 0.25) is 0 Å². The fourth-order valence-corrected chi connectivity index (χ4v) is 0.833. The Labute approximate surface area is 74.9 Å². The summed E-state index contributed by atoms with van der Waals surface area (Å²) >= 11 is 0. The molecule has 0 aromatic rings. The molecule has 0 spiro atoms. The van der Waals surface area contributed by atoms with E-state index in [1.54, 1.807) is 0 Å². The zero-order chi connectivity index (χ0) is 9.56. The zero-order valence-electron chi connectivity index (χ0n) is 8.48. The molecule has 0 fully saturated rings. The number of carbonyl (C=O) groups excluding carboxylic acids is 1. The summed E-state index contributed by atoms with van der Waals surface area (Å²) in [4.78, 5) is 11.2. The minimum Gasteiger partial charge on any atom is -0.355 e. The molecule has 0 aliphatic carbocycles. The lowest BCUT2D eigenvalue weighted by atomic mass is 10.2. The lowest BCUT2D eigenvalue weighted by molar-refractivity contribution is -0.122. The van der Waals surface area contributed by atoms with E-state index in [4.69, 9.17) is 0 Å². The average molecular weight is 172 g/mol. The first-order valence-corrected chi connectivity index (χ1v) is 4.59. The van der Waals surface area contributed by atoms with Crippen molar-refractivity contribution in [1.29, 1.82) is 0 Å². The van der Waals surface area contributed by atoms with Crippen molar-refractivity contribution in [2.24, 2.45) is 5.92 Å². The highest BCUT2D eigenvalue weighted by atomic mass is 16.2. The van der Waals surface area contributed by atoms with E-state index in [2.05, 4.69) is 24.5 Å². The summed E-state index contributed by atoms with van der Waals surface area (Å²) < 4.78 is 0. The van der Waals surface area contributed by atoms with Gasteiger partial charge in [0, 0.05) is 6.54 Å². The van der Waals surface area contributed by atoms with Gasteiger partial charge >= 0.3 is 0 Å². The Morgan fingerprint density at radius 1 is 1.33 bits per heavy atom. The lowest BCUT2D eigenvalue weighted by Gasteiger charge is -2.14. The van der Waals surface area contributed by atoms with Crippen molar-refractivity contribution in [3.63, 3.8) is 0 Å². The van der Waals surface area contributed by atoms with Crippen molar-refractivity contribution < 1.29 is 4.79 Å². The predicted molar refractivity (Wildman–Crippen MR) is 51.0 cm³/mol. The summed E-state index contributed by atoms with van der Waals surface area (Å²) in [5.74, 6) is 0.667. The first kappa shape index (κ1) is 11.4. The molecular formula is C9H20N2O. The molecule has 3 heteroatoms. The van der Waals surface area contributed by atoms with Gasteiger partial charge in [-0.15, -0.1) is 0 Å². The van der Waals surface area contributed by atoms with Crippen LogP contribution in [0, 0.1) is 5.92 Å². The molecule has 0 radical (unpaired) electrons. The number of hydrogen-bond acceptors (Lipinski definition) is 2. The van der Waals surface area contributed by atoms with Gasteiger partial charge in [0.05, 0.1) is 6.04 Å². The van der Waals surface area contributed by atoms with Crippen LogP contribution >= 0.6 is 0 Å². The molecule has 0 aliphatic heterocycles. The van der Waals surface area contributed by atoms with Crippen molar-refractivity contribution in [2.45, 2.75) is 33.7 Å². The van der Waals surface area contributed by atoms with Gasteiger partial charge in [0.1, 0.15) is 0 Å². The summed E-state index contributed by atoms with van der Waals surface area (Å²) in [6.45, 7) is 9.64. The molecule has 1 atom stereocenters. The van der Waals surface area contributed by atoms with Crippen LogP contribution in [0.4, 0.5) is 0 Å². The molecule has 2 N–H and O–H groups in total. The maximum atomic E-state index is 11.2. The molecule has 0 heterocycles. The van der Waals surface area contributed by atoms with Crippen LogP contribution in [-0.2, 0) is 4.79 Å². The van der Waals surface area contributed by atoms with Crippen molar-refractivity contribution in [3.8, 4) is 0 Å². The normalized spacial score (nSPS) is 13.1. The second kappa shape index (κ2) is 6.00. The van der Waals surface area contributed by atoms with Crippen LogP contribution in [0.3, 0.4) is 0 Å². The van der Waals surface area contributed by atoms with E-state index in [0.29, 0.717) is 12.5 Å². The van der Waals surface area contributed by atoms with E-state index < -0.39 is 0 Å². The summed E-state index contributed by atoms with van der Waals surface area (Å²) in [6, 6.07) is -0.0765. The first-order chi connectivity index (χ1) is 5.57. The Hall–Kier alpha value is -0.570. The van der Waals surface area contributed by atoms with Crippen molar-refractivity contribution >= 4 is 5.91 Å². The topological polar surface area (TPSA) is 41.1 Å². The Kier molecular flexibility index (Phi) is 5.72. The Morgan fingerprint density at radius 2 is 1.92 bits per heavy atom. The third kappa shape index (κ3) is 5.13. The van der Waals surface area contributed by atoms with Crippen LogP contribution in [0.1, 0.15) is 27.7 Å². The van der Waals surface area contributed by atoms with E-state index in [1.165, 1.54) is 0 Å².